The second-order valence-corrected chi connectivity index (χ2v) is 5.03. The number of nitrogens with one attached hydrogen (secondary N) is 1. The van der Waals surface area contributed by atoms with Crippen LogP contribution in [0.1, 0.15) is 41.4 Å². The molecule has 0 saturated heterocycles. The number of rotatable bonds is 5. The molecule has 2 rings (SSSR count). The number of nitrogens with zero attached hydrogens (tertiary/aromatic N) is 2. The fourth-order valence-electron chi connectivity index (χ4n) is 1.87. The van der Waals surface area contributed by atoms with Crippen molar-refractivity contribution in [1.29, 1.82) is 0 Å². The quantitative estimate of drug-likeness (QED) is 0.856. The topological polar surface area (TPSA) is 64.1 Å². The first-order valence-electron chi connectivity index (χ1n) is 6.83. The Hall–Kier alpha value is -2.43. The van der Waals surface area contributed by atoms with Crippen LogP contribution in [-0.4, -0.2) is 23.0 Å². The maximum atomic E-state index is 11.4. The van der Waals surface area contributed by atoms with Crippen LogP contribution in [0.4, 0.5) is 5.82 Å². The zero-order valence-corrected chi connectivity index (χ0v) is 12.5. The number of ether oxygens (including phenoxy) is 1. The van der Waals surface area contributed by atoms with Crippen LogP contribution in [0.3, 0.4) is 0 Å². The van der Waals surface area contributed by atoms with Gasteiger partial charge in [-0.3, -0.25) is 4.98 Å². The molecule has 0 aliphatic heterocycles. The molecule has 0 aliphatic carbocycles. The number of anilines is 1. The van der Waals surface area contributed by atoms with E-state index in [2.05, 4.69) is 58.1 Å². The summed E-state index contributed by atoms with van der Waals surface area (Å²) in [7, 11) is 1.32. The summed E-state index contributed by atoms with van der Waals surface area (Å²) in [6.07, 6.45) is 2.96. The molecule has 0 spiro atoms. The molecule has 1 N–H and O–H groups in total. The number of carbonyl (C=O) groups is 1. The van der Waals surface area contributed by atoms with Crippen molar-refractivity contribution < 1.29 is 9.53 Å². The van der Waals surface area contributed by atoms with Gasteiger partial charge in [-0.25, -0.2) is 9.78 Å². The van der Waals surface area contributed by atoms with E-state index in [1.807, 2.05) is 0 Å². The minimum absolute atomic E-state index is 0.192. The van der Waals surface area contributed by atoms with Gasteiger partial charge in [-0.05, 0) is 17.0 Å². The number of hydrogen-bond acceptors (Lipinski definition) is 5. The van der Waals surface area contributed by atoms with Crippen molar-refractivity contribution in [3.8, 4) is 0 Å². The molecule has 5 nitrogen and oxygen atoms in total. The summed E-state index contributed by atoms with van der Waals surface area (Å²) >= 11 is 0. The van der Waals surface area contributed by atoms with Crippen LogP contribution >= 0.6 is 0 Å². The molecule has 21 heavy (non-hydrogen) atoms. The van der Waals surface area contributed by atoms with Gasteiger partial charge in [0.2, 0.25) is 0 Å². The monoisotopic (exact) mass is 285 g/mol. The molecule has 0 aliphatic rings. The van der Waals surface area contributed by atoms with Gasteiger partial charge in [0.1, 0.15) is 5.82 Å². The summed E-state index contributed by atoms with van der Waals surface area (Å²) in [5, 5.41) is 3.15. The Kier molecular flexibility index (Phi) is 4.87. The highest BCUT2D eigenvalue weighted by Crippen LogP contribution is 2.15. The van der Waals surface area contributed by atoms with Crippen molar-refractivity contribution in [2.45, 2.75) is 26.3 Å². The zero-order valence-electron chi connectivity index (χ0n) is 12.5. The molecule has 0 fully saturated rings. The van der Waals surface area contributed by atoms with Crippen molar-refractivity contribution in [2.24, 2.45) is 0 Å². The van der Waals surface area contributed by atoms with E-state index in [-0.39, 0.29) is 5.69 Å². The Labute approximate surface area is 124 Å². The molecular weight excluding hydrogens is 266 g/mol. The van der Waals surface area contributed by atoms with Gasteiger partial charge >= 0.3 is 5.97 Å². The highest BCUT2D eigenvalue weighted by molar-refractivity contribution is 5.87. The third-order valence-corrected chi connectivity index (χ3v) is 3.15. The van der Waals surface area contributed by atoms with E-state index in [0.29, 0.717) is 18.3 Å². The lowest BCUT2D eigenvalue weighted by molar-refractivity contribution is 0.0593. The van der Waals surface area contributed by atoms with E-state index in [4.69, 9.17) is 0 Å². The molecule has 0 saturated carbocycles. The van der Waals surface area contributed by atoms with Crippen LogP contribution < -0.4 is 5.32 Å². The maximum absolute atomic E-state index is 11.4. The Balaban J connectivity index is 2.01. The second-order valence-electron chi connectivity index (χ2n) is 5.03. The Morgan fingerprint density at radius 1 is 1.24 bits per heavy atom. The molecular formula is C16H19N3O2. The van der Waals surface area contributed by atoms with Crippen LogP contribution in [0.5, 0.6) is 0 Å². The van der Waals surface area contributed by atoms with Crippen molar-refractivity contribution >= 4 is 11.8 Å². The summed E-state index contributed by atoms with van der Waals surface area (Å²) < 4.78 is 4.62. The van der Waals surface area contributed by atoms with Gasteiger partial charge in [-0.15, -0.1) is 0 Å². The molecule has 1 aromatic carbocycles. The Morgan fingerprint density at radius 2 is 1.95 bits per heavy atom. The summed E-state index contributed by atoms with van der Waals surface area (Å²) in [6.45, 7) is 4.96. The van der Waals surface area contributed by atoms with Gasteiger partial charge < -0.3 is 10.1 Å². The van der Waals surface area contributed by atoms with Crippen LogP contribution in [0, 0.1) is 0 Å². The fourth-order valence-corrected chi connectivity index (χ4v) is 1.87. The van der Waals surface area contributed by atoms with E-state index in [0.717, 1.165) is 5.56 Å². The lowest BCUT2D eigenvalue weighted by atomic mass is 10.0. The largest absolute Gasteiger partial charge is 0.464 e. The Bertz CT molecular complexity index is 609. The number of aromatic nitrogens is 2. The molecule has 1 heterocycles. The molecule has 0 atom stereocenters. The first-order valence-corrected chi connectivity index (χ1v) is 6.83. The summed E-state index contributed by atoms with van der Waals surface area (Å²) in [5.74, 6) is 0.577. The summed E-state index contributed by atoms with van der Waals surface area (Å²) in [5.41, 5.74) is 2.65. The Morgan fingerprint density at radius 3 is 2.57 bits per heavy atom. The number of esters is 1. The number of hydrogen-bond donors (Lipinski definition) is 1. The average molecular weight is 285 g/mol. The van der Waals surface area contributed by atoms with Crippen molar-refractivity contribution in [2.75, 3.05) is 12.4 Å². The highest BCUT2D eigenvalue weighted by Gasteiger charge is 2.08. The van der Waals surface area contributed by atoms with E-state index >= 15 is 0 Å². The van der Waals surface area contributed by atoms with Crippen molar-refractivity contribution in [3.05, 3.63) is 53.5 Å². The number of methoxy groups -OCH3 is 1. The predicted molar refractivity (Wildman–Crippen MR) is 81.2 cm³/mol. The third kappa shape index (κ3) is 4.02. The van der Waals surface area contributed by atoms with Crippen molar-refractivity contribution in [3.63, 3.8) is 0 Å². The lowest BCUT2D eigenvalue weighted by Gasteiger charge is -2.09. The first kappa shape index (κ1) is 15.0. The summed E-state index contributed by atoms with van der Waals surface area (Å²) in [4.78, 5) is 19.5. The van der Waals surface area contributed by atoms with Gasteiger partial charge in [0.05, 0.1) is 19.5 Å². The predicted octanol–water partition coefficient (Wildman–Crippen LogP) is 3.00. The van der Waals surface area contributed by atoms with Gasteiger partial charge in [-0.1, -0.05) is 38.1 Å². The van der Waals surface area contributed by atoms with E-state index in [1.54, 1.807) is 6.20 Å². The minimum Gasteiger partial charge on any atom is -0.464 e. The van der Waals surface area contributed by atoms with Crippen LogP contribution in [-0.2, 0) is 11.3 Å². The highest BCUT2D eigenvalue weighted by atomic mass is 16.5. The molecule has 2 aromatic rings. The van der Waals surface area contributed by atoms with Gasteiger partial charge in [0.25, 0.3) is 0 Å². The maximum Gasteiger partial charge on any atom is 0.358 e. The fraction of sp³-hybridized carbons (Fsp3) is 0.312. The molecule has 0 bridgehead atoms. The minimum atomic E-state index is -0.493. The van der Waals surface area contributed by atoms with E-state index < -0.39 is 5.97 Å². The first-order chi connectivity index (χ1) is 10.1. The number of carbonyl (C=O) groups excluding carboxylic acids is 1. The molecule has 0 amide bonds. The molecule has 110 valence electrons. The van der Waals surface area contributed by atoms with E-state index in [1.165, 1.54) is 18.9 Å². The normalized spacial score (nSPS) is 10.5. The lowest BCUT2D eigenvalue weighted by Crippen LogP contribution is -2.08. The van der Waals surface area contributed by atoms with Crippen LogP contribution in [0.15, 0.2) is 36.7 Å². The zero-order chi connectivity index (χ0) is 15.2. The van der Waals surface area contributed by atoms with Gasteiger partial charge in [0, 0.05) is 6.54 Å². The molecule has 5 heteroatoms. The number of benzene rings is 1. The molecule has 0 radical (unpaired) electrons. The van der Waals surface area contributed by atoms with E-state index in [9.17, 15) is 4.79 Å². The molecule has 1 aromatic heterocycles. The van der Waals surface area contributed by atoms with Gasteiger partial charge in [-0.2, -0.15) is 0 Å². The summed E-state index contributed by atoms with van der Waals surface area (Å²) in [6, 6.07) is 8.41. The SMILES string of the molecule is COC(=O)c1cncc(NCc2ccc(C(C)C)cc2)n1. The third-order valence-electron chi connectivity index (χ3n) is 3.15. The smallest absolute Gasteiger partial charge is 0.358 e. The van der Waals surface area contributed by atoms with Gasteiger partial charge in [0.15, 0.2) is 5.69 Å². The second kappa shape index (κ2) is 6.83. The van der Waals surface area contributed by atoms with Crippen LogP contribution in [0.2, 0.25) is 0 Å². The average Bonchev–Trinajstić information content (AvgIpc) is 2.52. The van der Waals surface area contributed by atoms with Crippen LogP contribution in [0.25, 0.3) is 0 Å². The standard InChI is InChI=1S/C16H19N3O2/c1-11(2)13-6-4-12(5-7-13)8-18-15-10-17-9-14(19-15)16(20)21-3/h4-7,9-11H,8H2,1-3H3,(H,18,19). The van der Waals surface area contributed by atoms with Crippen molar-refractivity contribution in [1.82, 2.24) is 9.97 Å². The molecule has 0 unspecified atom stereocenters.